The van der Waals surface area contributed by atoms with Crippen LogP contribution in [-0.4, -0.2) is 27.0 Å². The third-order valence-corrected chi connectivity index (χ3v) is 4.79. The van der Waals surface area contributed by atoms with E-state index in [0.717, 1.165) is 28.4 Å². The van der Waals surface area contributed by atoms with Gasteiger partial charge in [-0.1, -0.05) is 12.1 Å². The van der Waals surface area contributed by atoms with Crippen LogP contribution >= 0.6 is 36.2 Å². The Morgan fingerprint density at radius 2 is 2.04 bits per heavy atom. The molecule has 0 aliphatic carbocycles. The molecule has 3 rings (SSSR count). The molecule has 0 bridgehead atoms. The predicted molar refractivity (Wildman–Crippen MR) is 111 cm³/mol. The van der Waals surface area contributed by atoms with E-state index < -0.39 is 0 Å². The lowest BCUT2D eigenvalue weighted by molar-refractivity contribution is 0.0933. The summed E-state index contributed by atoms with van der Waals surface area (Å²) in [6.45, 7) is 5.35. The number of hydrogen-bond donors (Lipinski definition) is 2. The van der Waals surface area contributed by atoms with Crippen LogP contribution in [-0.2, 0) is 13.0 Å². The number of aromatic nitrogens is 3. The van der Waals surface area contributed by atoms with Gasteiger partial charge in [0.2, 0.25) is 0 Å². The average molecular weight is 416 g/mol. The Balaban J connectivity index is 0.00000169. The number of fused-ring (bicyclic) bond motifs is 1. The normalized spacial score (nSPS) is 11.5. The fourth-order valence-electron chi connectivity index (χ4n) is 2.75. The van der Waals surface area contributed by atoms with Crippen molar-refractivity contribution in [3.63, 3.8) is 0 Å². The zero-order chi connectivity index (χ0) is 17.1. The van der Waals surface area contributed by atoms with Crippen LogP contribution < -0.4 is 11.1 Å². The summed E-state index contributed by atoms with van der Waals surface area (Å²) < 4.78 is 2.13. The zero-order valence-electron chi connectivity index (χ0n) is 14.6. The standard InChI is InChI=1S/C17H21N5OS.2ClH/c1-3-22-14-7-5-4-6-12(14)21-16(22)11(2)19-17(23)13-10-24-15(20-13)8-9-18;;/h4-7,10-11H,3,8-9,18H2,1-2H3,(H,19,23);2*1H. The minimum atomic E-state index is -0.204. The Hall–Kier alpha value is -1.67. The van der Waals surface area contributed by atoms with Gasteiger partial charge >= 0.3 is 0 Å². The molecular formula is C17H23Cl2N5OS. The van der Waals surface area contributed by atoms with Gasteiger partial charge in [0.25, 0.3) is 5.91 Å². The first-order valence-corrected chi connectivity index (χ1v) is 8.92. The van der Waals surface area contributed by atoms with Gasteiger partial charge in [-0.2, -0.15) is 0 Å². The SMILES string of the molecule is CCn1c(C(C)NC(=O)c2csc(CCN)n2)nc2ccccc21.Cl.Cl. The number of benzene rings is 1. The van der Waals surface area contributed by atoms with Crippen molar-refractivity contribution in [2.75, 3.05) is 6.54 Å². The zero-order valence-corrected chi connectivity index (χ0v) is 17.1. The van der Waals surface area contributed by atoms with Gasteiger partial charge in [0.1, 0.15) is 11.5 Å². The molecule has 9 heteroatoms. The molecule has 1 amide bonds. The Morgan fingerprint density at radius 1 is 1.31 bits per heavy atom. The number of para-hydroxylation sites is 2. The van der Waals surface area contributed by atoms with Gasteiger partial charge in [-0.25, -0.2) is 9.97 Å². The van der Waals surface area contributed by atoms with Crippen molar-refractivity contribution < 1.29 is 4.79 Å². The van der Waals surface area contributed by atoms with Crippen LogP contribution in [0.3, 0.4) is 0 Å². The third kappa shape index (κ3) is 4.54. The third-order valence-electron chi connectivity index (χ3n) is 3.88. The topological polar surface area (TPSA) is 85.8 Å². The van der Waals surface area contributed by atoms with E-state index in [1.807, 2.05) is 31.2 Å². The van der Waals surface area contributed by atoms with Crippen LogP contribution in [0.5, 0.6) is 0 Å². The summed E-state index contributed by atoms with van der Waals surface area (Å²) in [4.78, 5) is 21.4. The molecule has 0 saturated carbocycles. The van der Waals surface area contributed by atoms with Crippen LogP contribution in [0.25, 0.3) is 11.0 Å². The van der Waals surface area contributed by atoms with E-state index in [9.17, 15) is 4.79 Å². The number of rotatable bonds is 6. The van der Waals surface area contributed by atoms with Crippen molar-refractivity contribution in [1.29, 1.82) is 0 Å². The molecule has 6 nitrogen and oxygen atoms in total. The van der Waals surface area contributed by atoms with E-state index in [-0.39, 0.29) is 36.8 Å². The number of nitrogens with two attached hydrogens (primary N) is 1. The summed E-state index contributed by atoms with van der Waals surface area (Å²) >= 11 is 1.46. The highest BCUT2D eigenvalue weighted by atomic mass is 35.5. The van der Waals surface area contributed by atoms with Crippen molar-refractivity contribution in [1.82, 2.24) is 19.9 Å². The molecule has 2 heterocycles. The maximum Gasteiger partial charge on any atom is 0.271 e. The maximum absolute atomic E-state index is 12.4. The summed E-state index contributed by atoms with van der Waals surface area (Å²) in [6.07, 6.45) is 0.694. The second-order valence-electron chi connectivity index (χ2n) is 5.56. The quantitative estimate of drug-likeness (QED) is 0.645. The number of amides is 1. The minimum absolute atomic E-state index is 0. The van der Waals surface area contributed by atoms with Crippen molar-refractivity contribution in [3.05, 3.63) is 46.2 Å². The predicted octanol–water partition coefficient (Wildman–Crippen LogP) is 3.35. The molecule has 0 aliphatic rings. The van der Waals surface area contributed by atoms with Gasteiger partial charge in [-0.05, 0) is 32.5 Å². The van der Waals surface area contributed by atoms with E-state index >= 15 is 0 Å². The Morgan fingerprint density at radius 3 is 2.73 bits per heavy atom. The van der Waals surface area contributed by atoms with Gasteiger partial charge in [0, 0.05) is 18.3 Å². The molecule has 0 spiro atoms. The Labute approximate surface area is 169 Å². The largest absolute Gasteiger partial charge is 0.341 e. The van der Waals surface area contributed by atoms with E-state index in [2.05, 4.69) is 26.8 Å². The summed E-state index contributed by atoms with van der Waals surface area (Å²) in [5, 5.41) is 5.65. The number of carbonyl (C=O) groups excluding carboxylic acids is 1. The molecule has 3 N–H and O–H groups in total. The average Bonchev–Trinajstić information content (AvgIpc) is 3.19. The Bertz CT molecular complexity index is 864. The van der Waals surface area contributed by atoms with E-state index in [1.54, 1.807) is 5.38 Å². The number of imidazole rings is 1. The summed E-state index contributed by atoms with van der Waals surface area (Å²) in [5.41, 5.74) is 7.98. The Kier molecular flexibility index (Phi) is 8.49. The summed E-state index contributed by atoms with van der Waals surface area (Å²) in [6, 6.07) is 7.79. The lowest BCUT2D eigenvalue weighted by Crippen LogP contribution is -2.29. The molecule has 0 saturated heterocycles. The van der Waals surface area contributed by atoms with Crippen molar-refractivity contribution in [2.24, 2.45) is 5.73 Å². The smallest absolute Gasteiger partial charge is 0.271 e. The highest BCUT2D eigenvalue weighted by Crippen LogP contribution is 2.21. The van der Waals surface area contributed by atoms with E-state index in [0.29, 0.717) is 18.7 Å². The number of halogens is 2. The van der Waals surface area contributed by atoms with Crippen LogP contribution in [0.1, 0.15) is 41.2 Å². The summed E-state index contributed by atoms with van der Waals surface area (Å²) in [5.74, 6) is 0.668. The van der Waals surface area contributed by atoms with Gasteiger partial charge in [0.15, 0.2) is 0 Å². The highest BCUT2D eigenvalue weighted by molar-refractivity contribution is 7.09. The monoisotopic (exact) mass is 415 g/mol. The maximum atomic E-state index is 12.4. The second-order valence-corrected chi connectivity index (χ2v) is 6.51. The van der Waals surface area contributed by atoms with Gasteiger partial charge < -0.3 is 15.6 Å². The lowest BCUT2D eigenvalue weighted by atomic mass is 10.3. The van der Waals surface area contributed by atoms with Crippen LogP contribution in [0, 0.1) is 0 Å². The first-order valence-electron chi connectivity index (χ1n) is 8.04. The molecule has 26 heavy (non-hydrogen) atoms. The van der Waals surface area contributed by atoms with Crippen molar-refractivity contribution in [2.45, 2.75) is 32.9 Å². The highest BCUT2D eigenvalue weighted by Gasteiger charge is 2.19. The molecule has 0 radical (unpaired) electrons. The fourth-order valence-corrected chi connectivity index (χ4v) is 3.54. The number of hydrogen-bond acceptors (Lipinski definition) is 5. The molecule has 3 aromatic rings. The van der Waals surface area contributed by atoms with Crippen molar-refractivity contribution in [3.8, 4) is 0 Å². The number of nitrogens with one attached hydrogen (secondary N) is 1. The number of thiazole rings is 1. The number of carbonyl (C=O) groups is 1. The summed E-state index contributed by atoms with van der Waals surface area (Å²) in [7, 11) is 0. The molecule has 1 atom stereocenters. The first kappa shape index (κ1) is 22.4. The van der Waals surface area contributed by atoms with E-state index in [1.165, 1.54) is 11.3 Å². The molecule has 142 valence electrons. The van der Waals surface area contributed by atoms with Crippen LogP contribution in [0.2, 0.25) is 0 Å². The number of aryl methyl sites for hydroxylation is 1. The molecule has 0 aliphatic heterocycles. The molecule has 1 aromatic carbocycles. The molecule has 0 fully saturated rings. The first-order chi connectivity index (χ1) is 11.6. The van der Waals surface area contributed by atoms with Gasteiger partial charge in [-0.15, -0.1) is 36.2 Å². The number of nitrogens with zero attached hydrogens (tertiary/aromatic N) is 3. The minimum Gasteiger partial charge on any atom is -0.341 e. The van der Waals surface area contributed by atoms with Gasteiger partial charge in [0.05, 0.1) is 22.1 Å². The van der Waals surface area contributed by atoms with Crippen molar-refractivity contribution >= 4 is 53.1 Å². The molecule has 1 unspecified atom stereocenters. The van der Waals surface area contributed by atoms with Gasteiger partial charge in [-0.3, -0.25) is 4.79 Å². The molecular weight excluding hydrogens is 393 g/mol. The molecule has 2 aromatic heterocycles. The van der Waals surface area contributed by atoms with Crippen LogP contribution in [0.15, 0.2) is 29.6 Å². The fraction of sp³-hybridized carbons (Fsp3) is 0.353. The lowest BCUT2D eigenvalue weighted by Gasteiger charge is -2.14. The second kappa shape index (κ2) is 9.87. The van der Waals surface area contributed by atoms with E-state index in [4.69, 9.17) is 5.73 Å². The van der Waals surface area contributed by atoms with Crippen LogP contribution in [0.4, 0.5) is 0 Å².